The molecule has 2 rings (SSSR count). The second kappa shape index (κ2) is 7.45. The van der Waals surface area contributed by atoms with Gasteiger partial charge in [-0.05, 0) is 42.0 Å². The Morgan fingerprint density at radius 2 is 1.45 bits per heavy atom. The first-order valence-electron chi connectivity index (χ1n) is 6.88. The Morgan fingerprint density at radius 1 is 0.864 bits per heavy atom. The Balaban J connectivity index is 2.04. The van der Waals surface area contributed by atoms with Gasteiger partial charge in [-0.1, -0.05) is 0 Å². The second-order valence-electron chi connectivity index (χ2n) is 4.63. The fraction of sp³-hybridized carbons (Fsp3) is 0.294. The summed E-state index contributed by atoms with van der Waals surface area (Å²) in [5.41, 5.74) is 1.02. The van der Waals surface area contributed by atoms with Crippen LogP contribution in [0.3, 0.4) is 0 Å². The van der Waals surface area contributed by atoms with Gasteiger partial charge in [0, 0.05) is 6.42 Å². The molecule has 0 saturated carbocycles. The van der Waals surface area contributed by atoms with Crippen LogP contribution in [0.15, 0.2) is 36.4 Å². The first-order valence-corrected chi connectivity index (χ1v) is 6.88. The molecule has 0 bridgehead atoms. The highest BCUT2D eigenvalue weighted by atomic mass is 16.5. The molecule has 0 spiro atoms. The summed E-state index contributed by atoms with van der Waals surface area (Å²) >= 11 is 0. The molecule has 0 aliphatic carbocycles. The van der Waals surface area contributed by atoms with E-state index in [1.165, 1.54) is 0 Å². The first-order chi connectivity index (χ1) is 10.7. The van der Waals surface area contributed by atoms with Crippen LogP contribution in [0.1, 0.15) is 5.56 Å². The molecule has 0 radical (unpaired) electrons. The summed E-state index contributed by atoms with van der Waals surface area (Å²) in [4.78, 5) is 0. The van der Waals surface area contributed by atoms with Crippen molar-refractivity contribution >= 4 is 0 Å². The molecule has 5 heteroatoms. The van der Waals surface area contributed by atoms with E-state index in [2.05, 4.69) is 0 Å². The number of ether oxygens (including phenoxy) is 4. The van der Waals surface area contributed by atoms with Gasteiger partial charge in [-0.25, -0.2) is 0 Å². The van der Waals surface area contributed by atoms with Crippen LogP contribution < -0.4 is 18.9 Å². The number of aromatic hydroxyl groups is 1. The summed E-state index contributed by atoms with van der Waals surface area (Å²) < 4.78 is 21.6. The fourth-order valence-corrected chi connectivity index (χ4v) is 2.11. The zero-order valence-electron chi connectivity index (χ0n) is 13.0. The lowest BCUT2D eigenvalue weighted by atomic mass is 10.1. The van der Waals surface area contributed by atoms with Crippen LogP contribution in [0, 0.1) is 0 Å². The number of benzene rings is 2. The average molecular weight is 304 g/mol. The molecule has 0 aliphatic heterocycles. The molecule has 0 atom stereocenters. The van der Waals surface area contributed by atoms with Gasteiger partial charge < -0.3 is 24.1 Å². The molecule has 0 saturated heterocycles. The summed E-state index contributed by atoms with van der Waals surface area (Å²) in [6.45, 7) is 0.503. The Labute approximate surface area is 130 Å². The van der Waals surface area contributed by atoms with Crippen molar-refractivity contribution in [3.63, 3.8) is 0 Å². The first kappa shape index (κ1) is 15.8. The topological polar surface area (TPSA) is 57.2 Å². The highest BCUT2D eigenvalue weighted by molar-refractivity contribution is 5.53. The molecule has 22 heavy (non-hydrogen) atoms. The molecule has 2 aromatic rings. The van der Waals surface area contributed by atoms with Crippen LogP contribution in [-0.4, -0.2) is 33.0 Å². The maximum absolute atomic E-state index is 9.23. The lowest BCUT2D eigenvalue weighted by Crippen LogP contribution is -2.03. The van der Waals surface area contributed by atoms with Gasteiger partial charge >= 0.3 is 0 Å². The van der Waals surface area contributed by atoms with Crippen LogP contribution in [-0.2, 0) is 6.42 Å². The molecule has 2 aromatic carbocycles. The lowest BCUT2D eigenvalue weighted by Gasteiger charge is -2.14. The highest BCUT2D eigenvalue weighted by Crippen LogP contribution is 2.38. The molecule has 0 aliphatic rings. The Bertz CT molecular complexity index is 582. The molecule has 0 amide bonds. The average Bonchev–Trinajstić information content (AvgIpc) is 2.55. The third kappa shape index (κ3) is 3.75. The molecule has 5 nitrogen and oxygen atoms in total. The normalized spacial score (nSPS) is 10.1. The number of rotatable bonds is 7. The Morgan fingerprint density at radius 3 is 1.95 bits per heavy atom. The third-order valence-corrected chi connectivity index (χ3v) is 3.22. The summed E-state index contributed by atoms with van der Waals surface area (Å²) in [6, 6.07) is 10.4. The van der Waals surface area contributed by atoms with Crippen molar-refractivity contribution in [2.24, 2.45) is 0 Å². The second-order valence-corrected chi connectivity index (χ2v) is 4.63. The Hall–Kier alpha value is -2.56. The van der Waals surface area contributed by atoms with Gasteiger partial charge in [-0.3, -0.25) is 0 Å². The fourth-order valence-electron chi connectivity index (χ4n) is 2.11. The van der Waals surface area contributed by atoms with E-state index in [1.807, 2.05) is 12.1 Å². The van der Waals surface area contributed by atoms with E-state index in [0.29, 0.717) is 36.0 Å². The van der Waals surface area contributed by atoms with Crippen molar-refractivity contribution in [2.45, 2.75) is 6.42 Å². The molecule has 0 unspecified atom stereocenters. The van der Waals surface area contributed by atoms with E-state index >= 15 is 0 Å². The molecular formula is C17H20O5. The molecular weight excluding hydrogens is 284 g/mol. The Kier molecular flexibility index (Phi) is 5.36. The predicted molar refractivity (Wildman–Crippen MR) is 83.4 cm³/mol. The summed E-state index contributed by atoms with van der Waals surface area (Å²) in [5, 5.41) is 9.23. The summed E-state index contributed by atoms with van der Waals surface area (Å²) in [5.74, 6) is 2.76. The highest BCUT2D eigenvalue weighted by Gasteiger charge is 2.13. The number of phenols is 1. The van der Waals surface area contributed by atoms with Gasteiger partial charge in [0.15, 0.2) is 11.5 Å². The number of phenolic OH excluding ortho intramolecular Hbond substituents is 1. The van der Waals surface area contributed by atoms with E-state index < -0.39 is 0 Å². The van der Waals surface area contributed by atoms with Crippen LogP contribution in [0.25, 0.3) is 0 Å². The minimum absolute atomic E-state index is 0.219. The molecule has 0 fully saturated rings. The monoisotopic (exact) mass is 304 g/mol. The van der Waals surface area contributed by atoms with Gasteiger partial charge in [0.25, 0.3) is 0 Å². The lowest BCUT2D eigenvalue weighted by molar-refractivity contribution is 0.315. The maximum Gasteiger partial charge on any atom is 0.203 e. The van der Waals surface area contributed by atoms with Gasteiger partial charge in [0.05, 0.1) is 27.9 Å². The van der Waals surface area contributed by atoms with Crippen molar-refractivity contribution in [1.29, 1.82) is 0 Å². The van der Waals surface area contributed by atoms with Crippen LogP contribution >= 0.6 is 0 Å². The van der Waals surface area contributed by atoms with Crippen molar-refractivity contribution < 1.29 is 24.1 Å². The van der Waals surface area contributed by atoms with Crippen LogP contribution in [0.4, 0.5) is 0 Å². The smallest absolute Gasteiger partial charge is 0.203 e. The van der Waals surface area contributed by atoms with Gasteiger partial charge in [0.1, 0.15) is 11.5 Å². The standard InChI is InChI=1S/C17H20O5/c1-19-15-10-12(11-16(20-2)17(15)21-3)8-9-22-14-6-4-13(18)5-7-14/h4-7,10-11,18H,8-9H2,1-3H3. The zero-order valence-corrected chi connectivity index (χ0v) is 13.0. The zero-order chi connectivity index (χ0) is 15.9. The van der Waals surface area contributed by atoms with Crippen molar-refractivity contribution in [3.05, 3.63) is 42.0 Å². The summed E-state index contributed by atoms with van der Waals surface area (Å²) in [7, 11) is 4.76. The predicted octanol–water partition coefficient (Wildman–Crippen LogP) is 3.04. The van der Waals surface area contributed by atoms with Crippen LogP contribution in [0.5, 0.6) is 28.7 Å². The molecule has 118 valence electrons. The van der Waals surface area contributed by atoms with Gasteiger partial charge in [-0.15, -0.1) is 0 Å². The van der Waals surface area contributed by atoms with Crippen LogP contribution in [0.2, 0.25) is 0 Å². The SMILES string of the molecule is COc1cc(CCOc2ccc(O)cc2)cc(OC)c1OC. The van der Waals surface area contributed by atoms with Gasteiger partial charge in [-0.2, -0.15) is 0 Å². The molecule has 0 heterocycles. The largest absolute Gasteiger partial charge is 0.508 e. The van der Waals surface area contributed by atoms with Crippen molar-refractivity contribution in [3.8, 4) is 28.7 Å². The van der Waals surface area contributed by atoms with Gasteiger partial charge in [0.2, 0.25) is 5.75 Å². The minimum Gasteiger partial charge on any atom is -0.508 e. The van der Waals surface area contributed by atoms with Crippen molar-refractivity contribution in [1.82, 2.24) is 0 Å². The third-order valence-electron chi connectivity index (χ3n) is 3.22. The van der Waals surface area contributed by atoms with E-state index in [1.54, 1.807) is 45.6 Å². The quantitative estimate of drug-likeness (QED) is 0.852. The number of hydrogen-bond acceptors (Lipinski definition) is 5. The van der Waals surface area contributed by atoms with E-state index in [4.69, 9.17) is 18.9 Å². The number of methoxy groups -OCH3 is 3. The van der Waals surface area contributed by atoms with Crippen molar-refractivity contribution in [2.75, 3.05) is 27.9 Å². The molecule has 0 aromatic heterocycles. The maximum atomic E-state index is 9.23. The summed E-state index contributed by atoms with van der Waals surface area (Å²) in [6.07, 6.45) is 0.692. The van der Waals surface area contributed by atoms with E-state index in [0.717, 1.165) is 5.56 Å². The van der Waals surface area contributed by atoms with E-state index in [-0.39, 0.29) is 5.75 Å². The molecule has 1 N–H and O–H groups in total. The minimum atomic E-state index is 0.219. The number of hydrogen-bond donors (Lipinski definition) is 1. The van der Waals surface area contributed by atoms with E-state index in [9.17, 15) is 5.11 Å².